The highest BCUT2D eigenvalue weighted by Gasteiger charge is 2.17. The van der Waals surface area contributed by atoms with Gasteiger partial charge in [-0.05, 0) is 51.1 Å². The average molecular weight is 522 g/mol. The third kappa shape index (κ3) is 7.45. The highest BCUT2D eigenvalue weighted by atomic mass is 16.6. The Balaban J connectivity index is 1.72. The van der Waals surface area contributed by atoms with Gasteiger partial charge in [-0.15, -0.1) is 0 Å². The van der Waals surface area contributed by atoms with Crippen molar-refractivity contribution < 1.29 is 33.3 Å². The Morgan fingerprint density at radius 2 is 1.53 bits per heavy atom. The molecule has 0 aliphatic rings. The summed E-state index contributed by atoms with van der Waals surface area (Å²) in [5, 5.41) is 5.27. The van der Waals surface area contributed by atoms with Crippen molar-refractivity contribution in [2.45, 2.75) is 26.4 Å². The van der Waals surface area contributed by atoms with Gasteiger partial charge in [0, 0.05) is 28.9 Å². The molecule has 3 aromatic rings. The summed E-state index contributed by atoms with van der Waals surface area (Å²) in [7, 11) is 4.46. The van der Waals surface area contributed by atoms with Crippen molar-refractivity contribution in [3.05, 3.63) is 65.9 Å². The number of hydrogen-bond donors (Lipinski definition) is 2. The van der Waals surface area contributed by atoms with E-state index in [0.29, 0.717) is 39.8 Å². The van der Waals surface area contributed by atoms with E-state index in [1.807, 2.05) is 0 Å². The number of benzene rings is 2. The molecule has 10 heteroatoms. The number of nitrogens with one attached hydrogen (secondary N) is 2. The molecule has 2 aromatic carbocycles. The van der Waals surface area contributed by atoms with Crippen molar-refractivity contribution in [2.75, 3.05) is 33.2 Å². The molecule has 0 saturated heterocycles. The van der Waals surface area contributed by atoms with Crippen molar-refractivity contribution >= 4 is 23.5 Å². The van der Waals surface area contributed by atoms with Crippen LogP contribution in [0.5, 0.6) is 17.2 Å². The summed E-state index contributed by atoms with van der Waals surface area (Å²) in [6, 6.07) is 14.8. The topological polar surface area (TPSA) is 125 Å². The van der Waals surface area contributed by atoms with Crippen LogP contribution in [0.1, 0.15) is 41.6 Å². The van der Waals surface area contributed by atoms with E-state index < -0.39 is 23.4 Å². The van der Waals surface area contributed by atoms with Gasteiger partial charge < -0.3 is 24.3 Å². The van der Waals surface area contributed by atoms with E-state index in [4.69, 9.17) is 18.9 Å². The zero-order valence-corrected chi connectivity index (χ0v) is 22.2. The summed E-state index contributed by atoms with van der Waals surface area (Å²) in [5.74, 6) is 0.470. The number of ether oxygens (including phenoxy) is 4. The predicted molar refractivity (Wildman–Crippen MR) is 142 cm³/mol. The van der Waals surface area contributed by atoms with Crippen LogP contribution in [0.3, 0.4) is 0 Å². The van der Waals surface area contributed by atoms with E-state index in [2.05, 4.69) is 15.6 Å². The minimum atomic E-state index is -0.613. The monoisotopic (exact) mass is 521 g/mol. The number of nitrogens with zero attached hydrogens (tertiary/aromatic N) is 1. The third-order valence-corrected chi connectivity index (χ3v) is 5.20. The summed E-state index contributed by atoms with van der Waals surface area (Å²) < 4.78 is 21.0. The van der Waals surface area contributed by atoms with Gasteiger partial charge in [-0.25, -0.2) is 9.78 Å². The number of carbonyl (C=O) groups excluding carboxylic acids is 3. The van der Waals surface area contributed by atoms with E-state index in [-0.39, 0.29) is 12.2 Å². The number of hydrogen-bond acceptors (Lipinski definition) is 8. The Bertz CT molecular complexity index is 1320. The van der Waals surface area contributed by atoms with Gasteiger partial charge in [-0.3, -0.25) is 14.9 Å². The number of anilines is 1. The summed E-state index contributed by atoms with van der Waals surface area (Å²) >= 11 is 0. The lowest BCUT2D eigenvalue weighted by Crippen LogP contribution is -2.30. The van der Waals surface area contributed by atoms with Crippen molar-refractivity contribution in [1.29, 1.82) is 0 Å². The molecule has 0 bridgehead atoms. The SMILES string of the molecule is COc1cc(C(=O)CNC(=O)c2ccc(OC)c(OC)c2)nc(-c2ccc(NC(=O)OC(C)(C)C)cc2)c1. The zero-order valence-electron chi connectivity index (χ0n) is 22.2. The highest BCUT2D eigenvalue weighted by Crippen LogP contribution is 2.28. The number of carbonyl (C=O) groups is 3. The van der Waals surface area contributed by atoms with E-state index in [1.54, 1.807) is 63.2 Å². The van der Waals surface area contributed by atoms with Crippen LogP contribution in [-0.2, 0) is 4.74 Å². The molecular weight excluding hydrogens is 490 g/mol. The summed E-state index contributed by atoms with van der Waals surface area (Å²) in [6.45, 7) is 5.07. The Hall–Kier alpha value is -4.60. The molecule has 0 spiro atoms. The highest BCUT2D eigenvalue weighted by molar-refractivity contribution is 6.02. The van der Waals surface area contributed by atoms with Crippen LogP contribution >= 0.6 is 0 Å². The van der Waals surface area contributed by atoms with Crippen molar-refractivity contribution in [3.8, 4) is 28.5 Å². The zero-order chi connectivity index (χ0) is 27.9. The van der Waals surface area contributed by atoms with Gasteiger partial charge in [-0.1, -0.05) is 12.1 Å². The van der Waals surface area contributed by atoms with E-state index in [0.717, 1.165) is 0 Å². The molecule has 200 valence electrons. The van der Waals surface area contributed by atoms with E-state index >= 15 is 0 Å². The lowest BCUT2D eigenvalue weighted by Gasteiger charge is -2.19. The average Bonchev–Trinajstić information content (AvgIpc) is 2.90. The molecule has 0 atom stereocenters. The first-order chi connectivity index (χ1) is 18.0. The molecule has 0 radical (unpaired) electrons. The summed E-state index contributed by atoms with van der Waals surface area (Å²) in [4.78, 5) is 42.0. The number of pyridine rings is 1. The van der Waals surface area contributed by atoms with Crippen LogP contribution < -0.4 is 24.8 Å². The summed E-state index contributed by atoms with van der Waals surface area (Å²) in [5.41, 5.74) is 1.56. The number of amides is 2. The Morgan fingerprint density at radius 3 is 2.13 bits per heavy atom. The molecule has 2 N–H and O–H groups in total. The van der Waals surface area contributed by atoms with Gasteiger partial charge in [0.25, 0.3) is 5.91 Å². The van der Waals surface area contributed by atoms with Gasteiger partial charge in [0.2, 0.25) is 0 Å². The normalized spacial score (nSPS) is 10.8. The van der Waals surface area contributed by atoms with Gasteiger partial charge in [-0.2, -0.15) is 0 Å². The van der Waals surface area contributed by atoms with Crippen molar-refractivity contribution in [3.63, 3.8) is 0 Å². The fraction of sp³-hybridized carbons (Fsp3) is 0.286. The van der Waals surface area contributed by atoms with E-state index in [1.165, 1.54) is 33.5 Å². The largest absolute Gasteiger partial charge is 0.497 e. The van der Waals surface area contributed by atoms with Crippen LogP contribution in [0, 0.1) is 0 Å². The van der Waals surface area contributed by atoms with Crippen molar-refractivity contribution in [2.24, 2.45) is 0 Å². The summed E-state index contributed by atoms with van der Waals surface area (Å²) in [6.07, 6.45) is -0.562. The molecule has 2 amide bonds. The van der Waals surface area contributed by atoms with Crippen LogP contribution in [0.15, 0.2) is 54.6 Å². The maximum Gasteiger partial charge on any atom is 0.412 e. The fourth-order valence-electron chi connectivity index (χ4n) is 3.39. The first kappa shape index (κ1) is 28.0. The first-order valence-corrected chi connectivity index (χ1v) is 11.7. The Kier molecular flexibility index (Phi) is 8.90. The molecule has 10 nitrogen and oxygen atoms in total. The van der Waals surface area contributed by atoms with Gasteiger partial charge in [0.15, 0.2) is 17.3 Å². The molecule has 0 saturated carbocycles. The van der Waals surface area contributed by atoms with Gasteiger partial charge >= 0.3 is 6.09 Å². The van der Waals surface area contributed by atoms with Gasteiger partial charge in [0.1, 0.15) is 17.0 Å². The second kappa shape index (κ2) is 12.1. The lowest BCUT2D eigenvalue weighted by atomic mass is 10.1. The van der Waals surface area contributed by atoms with E-state index in [9.17, 15) is 14.4 Å². The number of rotatable bonds is 9. The number of methoxy groups -OCH3 is 3. The molecule has 0 unspecified atom stereocenters. The fourth-order valence-corrected chi connectivity index (χ4v) is 3.39. The van der Waals surface area contributed by atoms with Crippen LogP contribution in [-0.4, -0.2) is 56.2 Å². The lowest BCUT2D eigenvalue weighted by molar-refractivity contribution is 0.0635. The maximum atomic E-state index is 12.9. The third-order valence-electron chi connectivity index (χ3n) is 5.20. The Morgan fingerprint density at radius 1 is 0.842 bits per heavy atom. The van der Waals surface area contributed by atoms with Crippen molar-refractivity contribution in [1.82, 2.24) is 10.3 Å². The number of Topliss-reactive ketones (excluding diaryl/α,β-unsaturated/α-hetero) is 1. The molecule has 1 heterocycles. The molecular formula is C28H31N3O7. The molecule has 3 rings (SSSR count). The van der Waals surface area contributed by atoms with Crippen LogP contribution in [0.2, 0.25) is 0 Å². The molecule has 0 fully saturated rings. The first-order valence-electron chi connectivity index (χ1n) is 11.7. The standard InChI is InChI=1S/C28H31N3O7/c1-28(2,3)38-27(34)30-19-10-7-17(8-11-19)21-14-20(35-4)15-22(31-21)23(32)16-29-26(33)18-9-12-24(36-5)25(13-18)37-6/h7-15H,16H2,1-6H3,(H,29,33)(H,30,34). The predicted octanol–water partition coefficient (Wildman–Crippen LogP) is 4.73. The smallest absolute Gasteiger partial charge is 0.412 e. The minimum Gasteiger partial charge on any atom is -0.497 e. The van der Waals surface area contributed by atoms with Crippen LogP contribution in [0.25, 0.3) is 11.3 Å². The minimum absolute atomic E-state index is 0.128. The number of aromatic nitrogens is 1. The molecule has 0 aliphatic heterocycles. The molecule has 1 aromatic heterocycles. The maximum absolute atomic E-state index is 12.9. The number of ketones is 1. The second-order valence-corrected chi connectivity index (χ2v) is 9.16. The van der Waals surface area contributed by atoms with Crippen LogP contribution in [0.4, 0.5) is 10.5 Å². The molecule has 0 aliphatic carbocycles. The quantitative estimate of drug-likeness (QED) is 0.387. The second-order valence-electron chi connectivity index (χ2n) is 9.16. The van der Waals surface area contributed by atoms with Gasteiger partial charge in [0.05, 0.1) is 33.6 Å². The molecule has 38 heavy (non-hydrogen) atoms. The Labute approximate surface area is 221 Å².